The molecule has 0 fully saturated rings. The van der Waals surface area contributed by atoms with E-state index < -0.39 is 23.8 Å². The quantitative estimate of drug-likeness (QED) is 0.746. The largest absolute Gasteiger partial charge is 0.496 e. The van der Waals surface area contributed by atoms with Crippen molar-refractivity contribution < 1.29 is 19.4 Å². The van der Waals surface area contributed by atoms with Crippen LogP contribution < -0.4 is 15.8 Å². The second-order valence-electron chi connectivity index (χ2n) is 6.47. The van der Waals surface area contributed by atoms with Gasteiger partial charge >= 0.3 is 6.09 Å². The average molecular weight is 324 g/mol. The molecular formula is C17H28N2O4. The maximum absolute atomic E-state index is 12.0. The highest BCUT2D eigenvalue weighted by Gasteiger charge is 2.28. The van der Waals surface area contributed by atoms with Crippen molar-refractivity contribution in [2.24, 2.45) is 5.73 Å². The van der Waals surface area contributed by atoms with E-state index in [0.29, 0.717) is 24.3 Å². The van der Waals surface area contributed by atoms with Crippen molar-refractivity contribution in [1.82, 2.24) is 5.32 Å². The van der Waals surface area contributed by atoms with E-state index in [0.717, 1.165) is 5.56 Å². The Bertz CT molecular complexity index is 526. The number of nitrogens with one attached hydrogen (secondary N) is 1. The zero-order valence-corrected chi connectivity index (χ0v) is 14.6. The molecule has 1 aromatic carbocycles. The fourth-order valence-electron chi connectivity index (χ4n) is 2.36. The number of amides is 1. The highest BCUT2D eigenvalue weighted by atomic mass is 16.6. The third-order valence-electron chi connectivity index (χ3n) is 3.36. The van der Waals surface area contributed by atoms with Crippen LogP contribution in [-0.2, 0) is 4.74 Å². The van der Waals surface area contributed by atoms with Crippen LogP contribution in [0.5, 0.6) is 5.75 Å². The van der Waals surface area contributed by atoms with Gasteiger partial charge in [0.15, 0.2) is 0 Å². The maximum Gasteiger partial charge on any atom is 0.407 e. The lowest BCUT2D eigenvalue weighted by atomic mass is 9.95. The summed E-state index contributed by atoms with van der Waals surface area (Å²) in [5, 5.41) is 13.5. The number of aryl methyl sites for hydroxylation is 1. The van der Waals surface area contributed by atoms with Crippen LogP contribution in [0.15, 0.2) is 18.2 Å². The second kappa shape index (κ2) is 8.17. The van der Waals surface area contributed by atoms with Crippen molar-refractivity contribution in [3.8, 4) is 5.75 Å². The number of carbonyl (C=O) groups is 1. The normalized spacial score (nSPS) is 14.0. The second-order valence-corrected chi connectivity index (χ2v) is 6.47. The molecule has 1 aromatic rings. The molecule has 6 nitrogen and oxygen atoms in total. The Kier molecular flexibility index (Phi) is 6.84. The lowest BCUT2D eigenvalue weighted by molar-refractivity contribution is 0.0412. The highest BCUT2D eigenvalue weighted by molar-refractivity contribution is 5.68. The topological polar surface area (TPSA) is 93.8 Å². The van der Waals surface area contributed by atoms with Gasteiger partial charge in [0, 0.05) is 5.56 Å². The van der Waals surface area contributed by atoms with Crippen molar-refractivity contribution in [3.63, 3.8) is 0 Å². The van der Waals surface area contributed by atoms with E-state index in [1.54, 1.807) is 33.9 Å². The van der Waals surface area contributed by atoms with Crippen LogP contribution in [0.4, 0.5) is 4.79 Å². The summed E-state index contributed by atoms with van der Waals surface area (Å²) in [5.74, 6) is 0.575. The summed E-state index contributed by atoms with van der Waals surface area (Å²) in [4.78, 5) is 12.0. The summed E-state index contributed by atoms with van der Waals surface area (Å²) in [7, 11) is 1.55. The molecule has 0 bridgehead atoms. The molecule has 0 aliphatic carbocycles. The van der Waals surface area contributed by atoms with E-state index in [2.05, 4.69) is 5.32 Å². The number of rotatable bonds is 6. The minimum atomic E-state index is -0.942. The van der Waals surface area contributed by atoms with Gasteiger partial charge in [-0.25, -0.2) is 4.79 Å². The Morgan fingerprint density at radius 2 is 2.04 bits per heavy atom. The molecule has 0 aromatic heterocycles. The van der Waals surface area contributed by atoms with E-state index in [1.807, 2.05) is 19.1 Å². The van der Waals surface area contributed by atoms with E-state index >= 15 is 0 Å². The van der Waals surface area contributed by atoms with Crippen molar-refractivity contribution in [1.29, 1.82) is 0 Å². The average Bonchev–Trinajstić information content (AvgIpc) is 2.43. The summed E-state index contributed by atoms with van der Waals surface area (Å²) < 4.78 is 10.6. The minimum Gasteiger partial charge on any atom is -0.496 e. The van der Waals surface area contributed by atoms with Crippen LogP contribution in [0, 0.1) is 6.92 Å². The number of hydrogen-bond donors (Lipinski definition) is 3. The number of alkyl carbamates (subject to hydrolysis) is 1. The van der Waals surface area contributed by atoms with Gasteiger partial charge in [-0.15, -0.1) is 0 Å². The molecule has 1 rings (SSSR count). The standard InChI is InChI=1S/C17H28N2O4/c1-11-7-6-8-13(22-5)14(11)15(20)12(9-10-18)19-16(21)23-17(2,3)4/h6-8,12,15,20H,9-10,18H2,1-5H3,(H,19,21). The zero-order chi connectivity index (χ0) is 17.6. The van der Waals surface area contributed by atoms with Gasteiger partial charge in [-0.1, -0.05) is 12.1 Å². The van der Waals surface area contributed by atoms with Gasteiger partial charge in [-0.2, -0.15) is 0 Å². The molecule has 130 valence electrons. The zero-order valence-electron chi connectivity index (χ0n) is 14.6. The van der Waals surface area contributed by atoms with Gasteiger partial charge < -0.3 is 25.6 Å². The fourth-order valence-corrected chi connectivity index (χ4v) is 2.36. The summed E-state index contributed by atoms with van der Waals surface area (Å²) >= 11 is 0. The highest BCUT2D eigenvalue weighted by Crippen LogP contribution is 2.31. The number of aliphatic hydroxyl groups is 1. The summed E-state index contributed by atoms with van der Waals surface area (Å²) in [5.41, 5.74) is 6.54. The third-order valence-corrected chi connectivity index (χ3v) is 3.36. The fraction of sp³-hybridized carbons (Fsp3) is 0.588. The van der Waals surface area contributed by atoms with Crippen LogP contribution >= 0.6 is 0 Å². The predicted octanol–water partition coefficient (Wildman–Crippen LogP) is 2.28. The van der Waals surface area contributed by atoms with Crippen molar-refractivity contribution in [3.05, 3.63) is 29.3 Å². The molecule has 0 saturated heterocycles. The van der Waals surface area contributed by atoms with Gasteiger partial charge in [0.05, 0.1) is 13.2 Å². The Labute approximate surface area is 138 Å². The molecule has 2 atom stereocenters. The maximum atomic E-state index is 12.0. The molecule has 2 unspecified atom stereocenters. The Morgan fingerprint density at radius 1 is 1.39 bits per heavy atom. The molecule has 0 radical (unpaired) electrons. The van der Waals surface area contributed by atoms with Gasteiger partial charge in [0.25, 0.3) is 0 Å². The van der Waals surface area contributed by atoms with Crippen molar-refractivity contribution in [2.75, 3.05) is 13.7 Å². The van der Waals surface area contributed by atoms with Gasteiger partial charge in [0.1, 0.15) is 17.5 Å². The first-order valence-electron chi connectivity index (χ1n) is 7.70. The van der Waals surface area contributed by atoms with Crippen LogP contribution in [0.2, 0.25) is 0 Å². The molecule has 0 saturated carbocycles. The van der Waals surface area contributed by atoms with E-state index in [9.17, 15) is 9.90 Å². The van der Waals surface area contributed by atoms with E-state index in [1.165, 1.54) is 0 Å². The van der Waals surface area contributed by atoms with Crippen LogP contribution in [0.1, 0.15) is 44.4 Å². The first kappa shape index (κ1) is 19.3. The number of carbonyl (C=O) groups excluding carboxylic acids is 1. The predicted molar refractivity (Wildman–Crippen MR) is 89.5 cm³/mol. The number of methoxy groups -OCH3 is 1. The molecule has 6 heteroatoms. The molecule has 0 heterocycles. The molecule has 4 N–H and O–H groups in total. The monoisotopic (exact) mass is 324 g/mol. The Hall–Kier alpha value is -1.79. The SMILES string of the molecule is COc1cccc(C)c1C(O)C(CCN)NC(=O)OC(C)(C)C. The number of benzene rings is 1. The molecule has 1 amide bonds. The number of hydrogen-bond acceptors (Lipinski definition) is 5. The number of ether oxygens (including phenoxy) is 2. The molecule has 0 aliphatic heterocycles. The Balaban J connectivity index is 2.99. The van der Waals surface area contributed by atoms with Crippen LogP contribution in [-0.4, -0.2) is 36.5 Å². The van der Waals surface area contributed by atoms with E-state index in [4.69, 9.17) is 15.2 Å². The summed E-state index contributed by atoms with van der Waals surface area (Å²) in [6.45, 7) is 7.56. The van der Waals surface area contributed by atoms with Crippen LogP contribution in [0.3, 0.4) is 0 Å². The first-order chi connectivity index (χ1) is 10.7. The third kappa shape index (κ3) is 5.73. The molecular weight excluding hydrogens is 296 g/mol. The molecule has 23 heavy (non-hydrogen) atoms. The smallest absolute Gasteiger partial charge is 0.407 e. The van der Waals surface area contributed by atoms with Gasteiger partial charge in [-0.05, 0) is 52.3 Å². The summed E-state index contributed by atoms with van der Waals surface area (Å²) in [6.07, 6.45) is -1.11. The number of nitrogens with two attached hydrogens (primary N) is 1. The van der Waals surface area contributed by atoms with Gasteiger partial charge in [0.2, 0.25) is 0 Å². The summed E-state index contributed by atoms with van der Waals surface area (Å²) in [6, 6.07) is 4.95. The molecule has 0 aliphatic rings. The van der Waals surface area contributed by atoms with E-state index in [-0.39, 0.29) is 0 Å². The van der Waals surface area contributed by atoms with Crippen molar-refractivity contribution >= 4 is 6.09 Å². The number of aliphatic hydroxyl groups excluding tert-OH is 1. The first-order valence-corrected chi connectivity index (χ1v) is 7.70. The Morgan fingerprint density at radius 3 is 2.57 bits per heavy atom. The lowest BCUT2D eigenvalue weighted by Gasteiger charge is -2.28. The minimum absolute atomic E-state index is 0.325. The van der Waals surface area contributed by atoms with Crippen molar-refractivity contribution in [2.45, 2.75) is 51.9 Å². The van der Waals surface area contributed by atoms with Crippen LogP contribution in [0.25, 0.3) is 0 Å². The molecule has 0 spiro atoms. The lowest BCUT2D eigenvalue weighted by Crippen LogP contribution is -2.43. The van der Waals surface area contributed by atoms with Gasteiger partial charge in [-0.3, -0.25) is 0 Å².